The summed E-state index contributed by atoms with van der Waals surface area (Å²) < 4.78 is 5.48. The van der Waals surface area contributed by atoms with Crippen molar-refractivity contribution in [1.82, 2.24) is 0 Å². The van der Waals surface area contributed by atoms with Crippen LogP contribution in [-0.4, -0.2) is 5.97 Å². The predicted octanol–water partition coefficient (Wildman–Crippen LogP) is 3.48. The molecule has 1 unspecified atom stereocenters. The molecule has 0 bridgehead atoms. The SMILES string of the molecule is CC(OC(=O)C1CCCC1)c1ccccc1. The van der Waals surface area contributed by atoms with Gasteiger partial charge in [-0.15, -0.1) is 0 Å². The second-order valence-electron chi connectivity index (χ2n) is 4.47. The fraction of sp³-hybridized carbons (Fsp3) is 0.500. The number of carbonyl (C=O) groups excluding carboxylic acids is 1. The van der Waals surface area contributed by atoms with Crippen molar-refractivity contribution in [2.75, 3.05) is 0 Å². The maximum atomic E-state index is 11.8. The summed E-state index contributed by atoms with van der Waals surface area (Å²) in [5, 5.41) is 0. The van der Waals surface area contributed by atoms with Crippen LogP contribution in [0.1, 0.15) is 44.3 Å². The minimum Gasteiger partial charge on any atom is -0.458 e. The molecule has 1 aromatic rings. The van der Waals surface area contributed by atoms with E-state index in [1.54, 1.807) is 0 Å². The summed E-state index contributed by atoms with van der Waals surface area (Å²) in [7, 11) is 0. The first-order valence-corrected chi connectivity index (χ1v) is 6.03. The second kappa shape index (κ2) is 5.15. The molecule has 0 aliphatic heterocycles. The molecule has 2 heteroatoms. The minimum absolute atomic E-state index is 0.0196. The van der Waals surface area contributed by atoms with Crippen LogP contribution in [0.25, 0.3) is 0 Å². The largest absolute Gasteiger partial charge is 0.458 e. The first-order chi connectivity index (χ1) is 7.77. The van der Waals surface area contributed by atoms with E-state index in [0.717, 1.165) is 18.4 Å². The summed E-state index contributed by atoms with van der Waals surface area (Å²) in [5.41, 5.74) is 1.06. The van der Waals surface area contributed by atoms with Gasteiger partial charge in [0.2, 0.25) is 0 Å². The fourth-order valence-electron chi connectivity index (χ4n) is 2.22. The zero-order valence-electron chi connectivity index (χ0n) is 9.69. The molecule has 0 N–H and O–H groups in total. The normalized spacial score (nSPS) is 18.3. The van der Waals surface area contributed by atoms with Crippen molar-refractivity contribution in [3.63, 3.8) is 0 Å². The van der Waals surface area contributed by atoms with Gasteiger partial charge in [-0.25, -0.2) is 0 Å². The lowest BCUT2D eigenvalue weighted by molar-refractivity contribution is -0.153. The highest BCUT2D eigenvalue weighted by Crippen LogP contribution is 2.28. The Morgan fingerprint density at radius 2 is 1.88 bits per heavy atom. The van der Waals surface area contributed by atoms with Crippen molar-refractivity contribution in [2.24, 2.45) is 5.92 Å². The van der Waals surface area contributed by atoms with Crippen LogP contribution in [0.4, 0.5) is 0 Å². The third-order valence-electron chi connectivity index (χ3n) is 3.25. The summed E-state index contributed by atoms with van der Waals surface area (Å²) in [5.74, 6) is 0.125. The third kappa shape index (κ3) is 2.63. The number of rotatable bonds is 3. The number of ether oxygens (including phenoxy) is 1. The fourth-order valence-corrected chi connectivity index (χ4v) is 2.22. The lowest BCUT2D eigenvalue weighted by atomic mass is 10.1. The van der Waals surface area contributed by atoms with E-state index >= 15 is 0 Å². The van der Waals surface area contributed by atoms with E-state index in [-0.39, 0.29) is 18.0 Å². The van der Waals surface area contributed by atoms with Crippen molar-refractivity contribution < 1.29 is 9.53 Å². The number of benzene rings is 1. The standard InChI is InChI=1S/C14H18O2/c1-11(12-7-3-2-4-8-12)16-14(15)13-9-5-6-10-13/h2-4,7-8,11,13H,5-6,9-10H2,1H3. The number of esters is 1. The molecule has 2 nitrogen and oxygen atoms in total. The Balaban J connectivity index is 1.92. The van der Waals surface area contributed by atoms with Crippen LogP contribution in [0.2, 0.25) is 0 Å². The Bertz CT molecular complexity index is 339. The van der Waals surface area contributed by atoms with Crippen molar-refractivity contribution in [2.45, 2.75) is 38.7 Å². The van der Waals surface area contributed by atoms with Crippen LogP contribution in [0, 0.1) is 5.92 Å². The van der Waals surface area contributed by atoms with Gasteiger partial charge >= 0.3 is 5.97 Å². The van der Waals surface area contributed by atoms with Crippen molar-refractivity contribution in [3.8, 4) is 0 Å². The lowest BCUT2D eigenvalue weighted by Gasteiger charge is -2.16. The molecule has 1 atom stereocenters. The number of carbonyl (C=O) groups is 1. The molecule has 86 valence electrons. The highest BCUT2D eigenvalue weighted by atomic mass is 16.5. The van der Waals surface area contributed by atoms with Crippen LogP contribution in [0.3, 0.4) is 0 Å². The van der Waals surface area contributed by atoms with Crippen LogP contribution in [0.15, 0.2) is 30.3 Å². The maximum Gasteiger partial charge on any atom is 0.309 e. The zero-order chi connectivity index (χ0) is 11.4. The Morgan fingerprint density at radius 3 is 2.50 bits per heavy atom. The highest BCUT2D eigenvalue weighted by molar-refractivity contribution is 5.73. The molecule has 1 aliphatic carbocycles. The molecule has 1 aromatic carbocycles. The maximum absolute atomic E-state index is 11.8. The zero-order valence-corrected chi connectivity index (χ0v) is 9.69. The first kappa shape index (κ1) is 11.2. The molecule has 0 heterocycles. The number of hydrogen-bond donors (Lipinski definition) is 0. The molecular weight excluding hydrogens is 200 g/mol. The van der Waals surface area contributed by atoms with Crippen molar-refractivity contribution in [1.29, 1.82) is 0 Å². The molecule has 1 aliphatic rings. The molecule has 0 spiro atoms. The van der Waals surface area contributed by atoms with Gasteiger partial charge in [-0.3, -0.25) is 4.79 Å². The summed E-state index contributed by atoms with van der Waals surface area (Å²) in [6.45, 7) is 1.93. The van der Waals surface area contributed by atoms with Gasteiger partial charge in [0.05, 0.1) is 5.92 Å². The van der Waals surface area contributed by atoms with Gasteiger partial charge in [-0.1, -0.05) is 43.2 Å². The van der Waals surface area contributed by atoms with Crippen LogP contribution in [-0.2, 0) is 9.53 Å². The van der Waals surface area contributed by atoms with E-state index in [1.807, 2.05) is 37.3 Å². The molecule has 0 aromatic heterocycles. The van der Waals surface area contributed by atoms with Crippen LogP contribution >= 0.6 is 0 Å². The molecule has 0 amide bonds. The van der Waals surface area contributed by atoms with Gasteiger partial charge in [0, 0.05) is 0 Å². The van der Waals surface area contributed by atoms with Gasteiger partial charge in [0.15, 0.2) is 0 Å². The molecular formula is C14H18O2. The summed E-state index contributed by atoms with van der Waals surface area (Å²) in [6, 6.07) is 9.89. The Morgan fingerprint density at radius 1 is 1.25 bits per heavy atom. The average molecular weight is 218 g/mol. The highest BCUT2D eigenvalue weighted by Gasteiger charge is 2.25. The number of hydrogen-bond acceptors (Lipinski definition) is 2. The van der Waals surface area contributed by atoms with Crippen LogP contribution < -0.4 is 0 Å². The summed E-state index contributed by atoms with van der Waals surface area (Å²) in [6.07, 6.45) is 4.20. The Hall–Kier alpha value is -1.31. The Labute approximate surface area is 96.6 Å². The van der Waals surface area contributed by atoms with Gasteiger partial charge in [0.25, 0.3) is 0 Å². The van der Waals surface area contributed by atoms with Crippen molar-refractivity contribution >= 4 is 5.97 Å². The topological polar surface area (TPSA) is 26.3 Å². The van der Waals surface area contributed by atoms with Crippen molar-refractivity contribution in [3.05, 3.63) is 35.9 Å². The molecule has 1 saturated carbocycles. The molecule has 0 saturated heterocycles. The van der Waals surface area contributed by atoms with E-state index in [9.17, 15) is 4.79 Å². The van der Waals surface area contributed by atoms with Crippen LogP contribution in [0.5, 0.6) is 0 Å². The average Bonchev–Trinajstić information content (AvgIpc) is 2.83. The smallest absolute Gasteiger partial charge is 0.309 e. The van der Waals surface area contributed by atoms with Gasteiger partial charge in [0.1, 0.15) is 6.10 Å². The van der Waals surface area contributed by atoms with Gasteiger partial charge in [-0.2, -0.15) is 0 Å². The van der Waals surface area contributed by atoms with Gasteiger partial charge in [-0.05, 0) is 25.3 Å². The molecule has 2 rings (SSSR count). The van der Waals surface area contributed by atoms with E-state index < -0.39 is 0 Å². The Kier molecular flexibility index (Phi) is 3.60. The monoisotopic (exact) mass is 218 g/mol. The van der Waals surface area contributed by atoms with E-state index in [4.69, 9.17) is 4.74 Å². The minimum atomic E-state index is -0.130. The summed E-state index contributed by atoms with van der Waals surface area (Å²) >= 11 is 0. The quantitative estimate of drug-likeness (QED) is 0.726. The van der Waals surface area contributed by atoms with E-state index in [2.05, 4.69) is 0 Å². The predicted molar refractivity (Wildman–Crippen MR) is 62.9 cm³/mol. The first-order valence-electron chi connectivity index (χ1n) is 6.03. The second-order valence-corrected chi connectivity index (χ2v) is 4.47. The molecule has 1 fully saturated rings. The van der Waals surface area contributed by atoms with Gasteiger partial charge < -0.3 is 4.74 Å². The molecule has 16 heavy (non-hydrogen) atoms. The summed E-state index contributed by atoms with van der Waals surface area (Å²) in [4.78, 5) is 11.8. The third-order valence-corrected chi connectivity index (χ3v) is 3.25. The molecule has 0 radical (unpaired) electrons. The van der Waals surface area contributed by atoms with E-state index in [0.29, 0.717) is 0 Å². The van der Waals surface area contributed by atoms with E-state index in [1.165, 1.54) is 12.8 Å². The lowest BCUT2D eigenvalue weighted by Crippen LogP contribution is -2.16.